The molecule has 0 bridgehead atoms. The average molecular weight is 1050 g/mol. The van der Waals surface area contributed by atoms with Crippen molar-refractivity contribution in [2.45, 2.75) is 26.2 Å². The Morgan fingerprint density at radius 2 is 0.642 bits per heavy atom. The summed E-state index contributed by atoms with van der Waals surface area (Å²) in [6, 6.07) is 53.2. The van der Waals surface area contributed by atoms with Gasteiger partial charge in [-0.2, -0.15) is 0 Å². The molecule has 1 saturated heterocycles. The molecule has 0 spiro atoms. The molecule has 8 aromatic rings. The van der Waals surface area contributed by atoms with Gasteiger partial charge in [-0.25, -0.2) is 0 Å². The van der Waals surface area contributed by atoms with E-state index in [1.807, 2.05) is 0 Å². The molecule has 0 unspecified atom stereocenters. The molecule has 5 nitrogen and oxygen atoms in total. The predicted molar refractivity (Wildman–Crippen MR) is 300 cm³/mol. The van der Waals surface area contributed by atoms with E-state index in [2.05, 4.69) is 237 Å². The van der Waals surface area contributed by atoms with Crippen molar-refractivity contribution in [1.82, 2.24) is 0 Å². The number of rotatable bonds is 8. The maximum Gasteiger partial charge on any atom is 0.105 e. The minimum absolute atomic E-state index is 0.573. The first kappa shape index (κ1) is 47.2. The first-order valence-corrected chi connectivity index (χ1v) is 31.3. The third-order valence-corrected chi connectivity index (χ3v) is 20.7. The zero-order chi connectivity index (χ0) is 46.4. The highest BCUT2D eigenvalue weighted by atomic mass is 79.9. The Bertz CT molecular complexity index is 2740. The van der Waals surface area contributed by atoms with Gasteiger partial charge < -0.3 is 24.0 Å². The molecule has 67 heavy (non-hydrogen) atoms. The molecule has 9 heteroatoms. The number of ether oxygens (including phenoxy) is 3. The molecule has 0 atom stereocenters. The molecule has 1 fully saturated rings. The van der Waals surface area contributed by atoms with Gasteiger partial charge in [0, 0.05) is 46.5 Å². The van der Waals surface area contributed by atoms with Gasteiger partial charge in [0.25, 0.3) is 0 Å². The molecule has 9 rings (SSSR count). The predicted octanol–water partition coefficient (Wildman–Crippen LogP) is 13.5. The van der Waals surface area contributed by atoms with Crippen molar-refractivity contribution < 1.29 is 14.2 Å². The summed E-state index contributed by atoms with van der Waals surface area (Å²) < 4.78 is 20.9. The van der Waals surface area contributed by atoms with Crippen LogP contribution in [0.4, 0.5) is 11.4 Å². The molecule has 8 aromatic carbocycles. The van der Waals surface area contributed by atoms with Gasteiger partial charge in [-0.1, -0.05) is 171 Å². The van der Waals surface area contributed by atoms with E-state index < -0.39 is 16.1 Å². The summed E-state index contributed by atoms with van der Waals surface area (Å²) in [7, 11) is -4.06. The van der Waals surface area contributed by atoms with E-state index in [-0.39, 0.29) is 0 Å². The van der Waals surface area contributed by atoms with Crippen LogP contribution in [0.2, 0.25) is 26.2 Å². The van der Waals surface area contributed by atoms with Crippen LogP contribution in [0.5, 0.6) is 0 Å². The van der Waals surface area contributed by atoms with Crippen molar-refractivity contribution >= 4 is 125 Å². The smallest absolute Gasteiger partial charge is 0.105 e. The largest absolute Gasteiger partial charge is 0.378 e. The maximum absolute atomic E-state index is 6.35. The Labute approximate surface area is 415 Å². The van der Waals surface area contributed by atoms with E-state index in [9.17, 15) is 0 Å². The van der Waals surface area contributed by atoms with Crippen LogP contribution in [0.25, 0.3) is 55.2 Å². The lowest BCUT2D eigenvalue weighted by Gasteiger charge is -2.26. The van der Waals surface area contributed by atoms with Crippen LogP contribution in [0.1, 0.15) is 11.1 Å². The number of benzene rings is 8. The molecule has 1 heterocycles. The Kier molecular flexibility index (Phi) is 14.9. The van der Waals surface area contributed by atoms with Gasteiger partial charge in [-0.05, 0) is 121 Å². The highest BCUT2D eigenvalue weighted by Gasteiger charge is 2.28. The fraction of sp³-hybridized carbons (Fsp3) is 0.241. The van der Waals surface area contributed by atoms with Crippen LogP contribution in [0, 0.1) is 0 Å². The van der Waals surface area contributed by atoms with Crippen molar-refractivity contribution in [3.63, 3.8) is 0 Å². The molecule has 0 aliphatic carbocycles. The topological polar surface area (TPSA) is 34.2 Å². The fourth-order valence-corrected chi connectivity index (χ4v) is 16.4. The number of halogens is 2. The van der Waals surface area contributed by atoms with Crippen molar-refractivity contribution in [2.75, 3.05) is 75.6 Å². The van der Waals surface area contributed by atoms with Crippen molar-refractivity contribution in [2.24, 2.45) is 0 Å². The Balaban J connectivity index is 0.845. The zero-order valence-corrected chi connectivity index (χ0v) is 44.3. The monoisotopic (exact) mass is 1050 g/mol. The molecule has 0 radical (unpaired) electrons. The van der Waals surface area contributed by atoms with E-state index in [4.69, 9.17) is 14.2 Å². The van der Waals surface area contributed by atoms with E-state index in [1.165, 1.54) is 84.9 Å². The molecule has 0 aromatic heterocycles. The second-order valence-electron chi connectivity index (χ2n) is 18.7. The molecular formula is C58H60Br2N2O3Si2. The molecule has 1 aliphatic heterocycles. The van der Waals surface area contributed by atoms with Crippen molar-refractivity contribution in [3.05, 3.63) is 177 Å². The van der Waals surface area contributed by atoms with Crippen LogP contribution in [-0.4, -0.2) is 82.0 Å². The minimum Gasteiger partial charge on any atom is -0.378 e. The van der Waals surface area contributed by atoms with Crippen molar-refractivity contribution in [1.29, 1.82) is 0 Å². The summed E-state index contributed by atoms with van der Waals surface area (Å²) in [5.74, 6) is 0. The summed E-state index contributed by atoms with van der Waals surface area (Å²) in [6.07, 6.45) is 4.65. The standard InChI is InChI=1S/C58H60Br2N2O3Si2/c1-66(2,57-51-17-9-5-13-47(51)55(59)48-14-6-10-18-52(48)57)41-29-43-21-25-45(26-22-43)61-31-35-63-36-32-62(34-38-65-40-39-64-37-33-61)46-27-23-44(24-28-46)30-42-67(3,4)58-53-19-11-7-15-49(53)56(60)50-16-8-12-20-54(50)58/h5-30,41-42H,31-40H2,1-4H3/b41-29+,42-30+. The Morgan fingerprint density at radius 3 is 0.940 bits per heavy atom. The van der Waals surface area contributed by atoms with Crippen LogP contribution >= 0.6 is 31.9 Å². The van der Waals surface area contributed by atoms with Gasteiger partial charge in [0.15, 0.2) is 0 Å². The summed E-state index contributed by atoms with van der Waals surface area (Å²) >= 11 is 7.87. The zero-order valence-electron chi connectivity index (χ0n) is 39.1. The summed E-state index contributed by atoms with van der Waals surface area (Å²) in [5, 5.41) is 13.4. The fourth-order valence-electron chi connectivity index (χ4n) is 9.77. The Hall–Kier alpha value is -4.85. The SMILES string of the molecule is C[Si](C)(/C=C/c1ccc(N2CCOCCOCCN(c3ccc(/C=C/[Si](C)(C)c4c5ccccc5c(Br)c5ccccc45)cc3)CCOCC2)cc1)c1c2ccccc2c(Br)c2ccccc12. The van der Waals surface area contributed by atoms with Crippen LogP contribution < -0.4 is 20.2 Å². The van der Waals surface area contributed by atoms with Gasteiger partial charge >= 0.3 is 0 Å². The average Bonchev–Trinajstić information content (AvgIpc) is 3.36. The number of nitrogens with zero attached hydrogens (tertiary/aromatic N) is 2. The molecular weight excluding hydrogens is 989 g/mol. The first-order valence-electron chi connectivity index (χ1n) is 23.6. The quantitative estimate of drug-likeness (QED) is 0.112. The van der Waals surface area contributed by atoms with Crippen LogP contribution in [0.15, 0.2) is 166 Å². The third kappa shape index (κ3) is 10.6. The molecule has 0 amide bonds. The first-order chi connectivity index (χ1) is 32.6. The second-order valence-corrected chi connectivity index (χ2v) is 28.8. The highest BCUT2D eigenvalue weighted by Crippen LogP contribution is 2.35. The minimum atomic E-state index is -2.03. The highest BCUT2D eigenvalue weighted by molar-refractivity contribution is 9.11. The van der Waals surface area contributed by atoms with E-state index in [0.29, 0.717) is 39.6 Å². The van der Waals surface area contributed by atoms with E-state index in [1.54, 1.807) is 0 Å². The van der Waals surface area contributed by atoms with Crippen LogP contribution in [0.3, 0.4) is 0 Å². The lowest BCUT2D eigenvalue weighted by atomic mass is 10.0. The van der Waals surface area contributed by atoms with Crippen LogP contribution in [-0.2, 0) is 14.2 Å². The van der Waals surface area contributed by atoms with Gasteiger partial charge in [0.05, 0.1) is 39.6 Å². The molecule has 0 N–H and O–H groups in total. The third-order valence-electron chi connectivity index (χ3n) is 13.3. The normalized spacial score (nSPS) is 15.6. The number of anilines is 2. The van der Waals surface area contributed by atoms with E-state index >= 15 is 0 Å². The van der Waals surface area contributed by atoms with Crippen molar-refractivity contribution in [3.8, 4) is 0 Å². The molecule has 1 aliphatic rings. The van der Waals surface area contributed by atoms with Gasteiger partial charge in [0.1, 0.15) is 16.1 Å². The summed E-state index contributed by atoms with van der Waals surface area (Å²) in [5.41, 5.74) is 9.74. The summed E-state index contributed by atoms with van der Waals surface area (Å²) in [4.78, 5) is 4.76. The van der Waals surface area contributed by atoms with E-state index in [0.717, 1.165) is 26.2 Å². The second kappa shape index (κ2) is 21.2. The molecule has 342 valence electrons. The maximum atomic E-state index is 6.35. The van der Waals surface area contributed by atoms with Gasteiger partial charge in [0.2, 0.25) is 0 Å². The molecule has 0 saturated carbocycles. The summed E-state index contributed by atoms with van der Waals surface area (Å²) in [6.45, 7) is 16.6. The Morgan fingerprint density at radius 1 is 0.373 bits per heavy atom. The van der Waals surface area contributed by atoms with Gasteiger partial charge in [-0.15, -0.1) is 0 Å². The number of hydrogen-bond acceptors (Lipinski definition) is 5. The van der Waals surface area contributed by atoms with Gasteiger partial charge in [-0.3, -0.25) is 0 Å². The number of hydrogen-bond donors (Lipinski definition) is 0. The lowest BCUT2D eigenvalue weighted by Crippen LogP contribution is -2.40. The number of fused-ring (bicyclic) bond motifs is 4. The lowest BCUT2D eigenvalue weighted by molar-refractivity contribution is 0.0530.